The molecule has 5 heterocycles. The van der Waals surface area contributed by atoms with Crippen molar-refractivity contribution in [2.75, 3.05) is 38.5 Å². The summed E-state index contributed by atoms with van der Waals surface area (Å²) >= 11 is 0. The second-order valence-electron chi connectivity index (χ2n) is 10.5. The van der Waals surface area contributed by atoms with Crippen LogP contribution in [0.3, 0.4) is 0 Å². The summed E-state index contributed by atoms with van der Waals surface area (Å²) in [5.74, 6) is -0.336. The molecule has 0 spiro atoms. The molecule has 1 unspecified atom stereocenters. The van der Waals surface area contributed by atoms with E-state index in [1.54, 1.807) is 19.1 Å². The highest BCUT2D eigenvalue weighted by molar-refractivity contribution is 6.04. The summed E-state index contributed by atoms with van der Waals surface area (Å²) in [5.41, 5.74) is 7.51. The summed E-state index contributed by atoms with van der Waals surface area (Å²) in [5, 5.41) is 11.5. The van der Waals surface area contributed by atoms with Crippen LogP contribution in [0.5, 0.6) is 0 Å². The van der Waals surface area contributed by atoms with Crippen molar-refractivity contribution in [2.24, 2.45) is 4.99 Å². The molecule has 1 atom stereocenters. The molecule has 11 heteroatoms. The number of carbonyl (C=O) groups excluding carboxylic acids is 1. The van der Waals surface area contributed by atoms with E-state index >= 15 is 0 Å². The molecule has 0 radical (unpaired) electrons. The molecule has 1 fully saturated rings. The predicted molar refractivity (Wildman–Crippen MR) is 148 cm³/mol. The van der Waals surface area contributed by atoms with E-state index < -0.39 is 11.4 Å². The number of rotatable bonds is 4. The normalized spacial score (nSPS) is 20.1. The average molecular weight is 531 g/mol. The highest BCUT2D eigenvalue weighted by atomic mass is 19.1. The fourth-order valence-corrected chi connectivity index (χ4v) is 5.40. The number of fused-ring (bicyclic) bond motifs is 3. The van der Waals surface area contributed by atoms with Crippen molar-refractivity contribution in [1.82, 2.24) is 30.1 Å². The zero-order valence-corrected chi connectivity index (χ0v) is 22.1. The van der Waals surface area contributed by atoms with Crippen LogP contribution >= 0.6 is 0 Å². The first-order valence-electron chi connectivity index (χ1n) is 13.2. The fraction of sp³-hybridized carbons (Fsp3) is 0.357. The molecular formula is C28H31FN8O2. The van der Waals surface area contributed by atoms with Gasteiger partial charge >= 0.3 is 0 Å². The second kappa shape index (κ2) is 10.2. The van der Waals surface area contributed by atoms with E-state index in [9.17, 15) is 14.0 Å². The molecule has 202 valence electrons. The van der Waals surface area contributed by atoms with E-state index in [2.05, 4.69) is 47.5 Å². The Labute approximate surface area is 225 Å². The number of benzene rings is 1. The molecule has 3 aliphatic heterocycles. The van der Waals surface area contributed by atoms with Gasteiger partial charge in [-0.05, 0) is 74.7 Å². The van der Waals surface area contributed by atoms with Gasteiger partial charge in [0.15, 0.2) is 0 Å². The molecule has 0 aliphatic carbocycles. The highest BCUT2D eigenvalue weighted by Crippen LogP contribution is 2.29. The Balaban J connectivity index is 1.29. The summed E-state index contributed by atoms with van der Waals surface area (Å²) in [6.45, 7) is 6.04. The van der Waals surface area contributed by atoms with Crippen LogP contribution in [-0.4, -0.2) is 69.6 Å². The maximum absolute atomic E-state index is 14.9. The average Bonchev–Trinajstić information content (AvgIpc) is 3.30. The number of halogens is 1. The summed E-state index contributed by atoms with van der Waals surface area (Å²) in [6, 6.07) is 6.36. The Morgan fingerprint density at radius 1 is 1.13 bits per heavy atom. The predicted octanol–water partition coefficient (Wildman–Crippen LogP) is 3.00. The summed E-state index contributed by atoms with van der Waals surface area (Å²) in [6.07, 6.45) is 6.91. The maximum Gasteiger partial charge on any atom is 0.290 e. The first-order chi connectivity index (χ1) is 18.8. The first kappa shape index (κ1) is 25.2. The minimum Gasteiger partial charge on any atom is -0.351 e. The number of likely N-dealkylation sites (N-methyl/N-ethyl adjacent to an activating group) is 1. The first-order valence-corrected chi connectivity index (χ1v) is 13.2. The monoisotopic (exact) mass is 530 g/mol. The number of hydrogen-bond donors (Lipinski definition) is 3. The molecule has 0 saturated carbocycles. The van der Waals surface area contributed by atoms with Crippen molar-refractivity contribution in [3.05, 3.63) is 75.1 Å². The van der Waals surface area contributed by atoms with Crippen LogP contribution in [0.15, 0.2) is 51.9 Å². The van der Waals surface area contributed by atoms with Crippen LogP contribution in [0, 0.1) is 12.7 Å². The van der Waals surface area contributed by atoms with Gasteiger partial charge in [0.25, 0.3) is 11.5 Å². The number of anilines is 1. The van der Waals surface area contributed by atoms with Gasteiger partial charge in [-0.3, -0.25) is 9.59 Å². The van der Waals surface area contributed by atoms with E-state index in [0.29, 0.717) is 28.2 Å². The van der Waals surface area contributed by atoms with Gasteiger partial charge in [-0.1, -0.05) is 0 Å². The molecule has 3 aromatic rings. The molecule has 1 saturated heterocycles. The number of aliphatic imine (C=N–C) groups is 1. The molecule has 1 aromatic carbocycles. The van der Waals surface area contributed by atoms with Gasteiger partial charge in [0, 0.05) is 50.2 Å². The summed E-state index contributed by atoms with van der Waals surface area (Å²) < 4.78 is 17.0. The lowest BCUT2D eigenvalue weighted by Gasteiger charge is -2.26. The topological polar surface area (TPSA) is 111 Å². The van der Waals surface area contributed by atoms with Crippen molar-refractivity contribution < 1.29 is 9.18 Å². The number of carbonyl (C=O) groups is 1. The van der Waals surface area contributed by atoms with Gasteiger partial charge in [-0.2, -0.15) is 5.10 Å². The van der Waals surface area contributed by atoms with Crippen molar-refractivity contribution in [2.45, 2.75) is 32.7 Å². The van der Waals surface area contributed by atoms with E-state index in [-0.39, 0.29) is 17.3 Å². The molecule has 1 amide bonds. The summed E-state index contributed by atoms with van der Waals surface area (Å²) in [4.78, 5) is 32.4. The van der Waals surface area contributed by atoms with Crippen LogP contribution in [0.4, 0.5) is 15.8 Å². The number of nitrogens with zero attached hydrogens (tertiary/aromatic N) is 5. The van der Waals surface area contributed by atoms with Crippen LogP contribution in [0.25, 0.3) is 11.3 Å². The highest BCUT2D eigenvalue weighted by Gasteiger charge is 2.22. The molecule has 3 aliphatic rings. The van der Waals surface area contributed by atoms with Gasteiger partial charge in [0.1, 0.15) is 17.3 Å². The lowest BCUT2D eigenvalue weighted by Crippen LogP contribution is -2.46. The van der Waals surface area contributed by atoms with Crippen LogP contribution in [0.1, 0.15) is 34.5 Å². The van der Waals surface area contributed by atoms with E-state index in [0.717, 1.165) is 57.7 Å². The smallest absolute Gasteiger partial charge is 0.290 e. The number of nitrogens with one attached hydrogen (secondary N) is 3. The minimum atomic E-state index is -0.543. The Kier molecular flexibility index (Phi) is 6.61. The number of hydrazine groups is 1. The fourth-order valence-electron chi connectivity index (χ4n) is 5.40. The number of amides is 1. The van der Waals surface area contributed by atoms with Gasteiger partial charge in [0.05, 0.1) is 16.9 Å². The Hall–Kier alpha value is -4.09. The molecule has 3 N–H and O–H groups in total. The van der Waals surface area contributed by atoms with Gasteiger partial charge in [-0.25, -0.2) is 19.5 Å². The standard InChI is InChI=1S/C28H31FN8O2/c1-17-9-22(29)24(31-27(38)19-11-20-5-3-4-6-36(20)16-19)12-21(17)23-13-25(28(39)33-32-23)30-26-10-18-14-35(2)7-8-37(15-18)34-26/h9-13,16H,3-8,14-15H2,1-2H3,(H,31,38)(H,33,39)(H,30,32,34). The molecule has 2 bridgehead atoms. The Bertz CT molecular complexity index is 1550. The van der Waals surface area contributed by atoms with E-state index in [1.165, 1.54) is 11.6 Å². The molecule has 10 nitrogen and oxygen atoms in total. The largest absolute Gasteiger partial charge is 0.351 e. The van der Waals surface area contributed by atoms with Gasteiger partial charge in [-0.15, -0.1) is 0 Å². The van der Waals surface area contributed by atoms with Crippen molar-refractivity contribution >= 4 is 23.1 Å². The quantitative estimate of drug-likeness (QED) is 0.479. The number of hydrogen-bond acceptors (Lipinski definition) is 6. The Morgan fingerprint density at radius 2 is 2.00 bits per heavy atom. The minimum absolute atomic E-state index is 0.0466. The third kappa shape index (κ3) is 5.27. The van der Waals surface area contributed by atoms with Gasteiger partial charge in [0.2, 0.25) is 0 Å². The summed E-state index contributed by atoms with van der Waals surface area (Å²) in [7, 11) is 2.08. The van der Waals surface area contributed by atoms with Crippen LogP contribution < -0.4 is 16.3 Å². The lowest BCUT2D eigenvalue weighted by atomic mass is 10.0. The number of aromatic amines is 1. The van der Waals surface area contributed by atoms with Crippen LogP contribution in [-0.2, 0) is 13.0 Å². The number of amidine groups is 1. The van der Waals surface area contributed by atoms with E-state index in [1.807, 2.05) is 18.3 Å². The van der Waals surface area contributed by atoms with Crippen molar-refractivity contribution in [3.63, 3.8) is 0 Å². The third-order valence-electron chi connectivity index (χ3n) is 7.43. The number of aromatic nitrogens is 3. The maximum atomic E-state index is 14.9. The van der Waals surface area contributed by atoms with E-state index in [4.69, 9.17) is 0 Å². The van der Waals surface area contributed by atoms with Crippen LogP contribution in [0.2, 0.25) is 0 Å². The zero-order chi connectivity index (χ0) is 27.1. The molecule has 2 aromatic heterocycles. The zero-order valence-electron chi connectivity index (χ0n) is 22.1. The SMILES string of the molecule is Cc1cc(F)c(NC(=O)c2cc3n(c2)CCCC3)cc1-c1cc(N=C2C=C3CN(C)CCN(C3)N2)c(=O)[nH]n1. The number of H-pyrrole nitrogens is 1. The number of aryl methyl sites for hydroxylation is 3. The van der Waals surface area contributed by atoms with Crippen molar-refractivity contribution in [1.29, 1.82) is 0 Å². The molecule has 6 rings (SSSR count). The second-order valence-corrected chi connectivity index (χ2v) is 10.5. The molecular weight excluding hydrogens is 499 g/mol. The van der Waals surface area contributed by atoms with Crippen molar-refractivity contribution in [3.8, 4) is 11.3 Å². The third-order valence-corrected chi connectivity index (χ3v) is 7.43. The molecule has 39 heavy (non-hydrogen) atoms. The lowest BCUT2D eigenvalue weighted by molar-refractivity contribution is 0.102. The Morgan fingerprint density at radius 3 is 2.85 bits per heavy atom. The van der Waals surface area contributed by atoms with Gasteiger partial charge < -0.3 is 20.2 Å².